The molecule has 100 valence electrons. The summed E-state index contributed by atoms with van der Waals surface area (Å²) in [5.74, 6) is 1.70. The number of hydrogen-bond donors (Lipinski definition) is 1. The van der Waals surface area contributed by atoms with Gasteiger partial charge in [0.25, 0.3) is 0 Å². The normalized spacial score (nSPS) is 19.3. The highest BCUT2D eigenvalue weighted by atomic mass is 16.3. The SMILES string of the molecule is CC(C)C1CCN(c2ccc([C@@H](C)O)cc2)CC1. The first-order chi connectivity index (χ1) is 8.58. The third-order valence-electron chi connectivity index (χ3n) is 4.22. The minimum Gasteiger partial charge on any atom is -0.389 e. The Kier molecular flexibility index (Phi) is 4.28. The van der Waals surface area contributed by atoms with E-state index < -0.39 is 0 Å². The highest BCUT2D eigenvalue weighted by Crippen LogP contribution is 2.28. The summed E-state index contributed by atoms with van der Waals surface area (Å²) in [7, 11) is 0. The van der Waals surface area contributed by atoms with Gasteiger partial charge in [-0.3, -0.25) is 0 Å². The van der Waals surface area contributed by atoms with Gasteiger partial charge < -0.3 is 10.0 Å². The van der Waals surface area contributed by atoms with E-state index >= 15 is 0 Å². The van der Waals surface area contributed by atoms with Gasteiger partial charge in [-0.2, -0.15) is 0 Å². The maximum Gasteiger partial charge on any atom is 0.0761 e. The molecule has 0 radical (unpaired) electrons. The van der Waals surface area contributed by atoms with Crippen molar-refractivity contribution in [1.82, 2.24) is 0 Å². The van der Waals surface area contributed by atoms with E-state index in [4.69, 9.17) is 0 Å². The molecule has 1 aliphatic heterocycles. The summed E-state index contributed by atoms with van der Waals surface area (Å²) in [4.78, 5) is 2.46. The van der Waals surface area contributed by atoms with E-state index in [2.05, 4.69) is 30.9 Å². The smallest absolute Gasteiger partial charge is 0.0761 e. The fourth-order valence-electron chi connectivity index (χ4n) is 2.79. The van der Waals surface area contributed by atoms with Gasteiger partial charge in [-0.15, -0.1) is 0 Å². The lowest BCUT2D eigenvalue weighted by atomic mass is 9.86. The molecule has 18 heavy (non-hydrogen) atoms. The molecule has 1 aromatic carbocycles. The summed E-state index contributed by atoms with van der Waals surface area (Å²) in [6.45, 7) is 8.80. The van der Waals surface area contributed by atoms with Crippen LogP contribution in [0, 0.1) is 11.8 Å². The van der Waals surface area contributed by atoms with Gasteiger partial charge in [-0.1, -0.05) is 26.0 Å². The Hall–Kier alpha value is -1.02. The van der Waals surface area contributed by atoms with Crippen molar-refractivity contribution in [2.24, 2.45) is 11.8 Å². The zero-order valence-corrected chi connectivity index (χ0v) is 11.8. The first-order valence-corrected chi connectivity index (χ1v) is 7.11. The van der Waals surface area contributed by atoms with Crippen molar-refractivity contribution in [3.8, 4) is 0 Å². The molecule has 1 aromatic rings. The van der Waals surface area contributed by atoms with Gasteiger partial charge in [0, 0.05) is 18.8 Å². The van der Waals surface area contributed by atoms with Crippen LogP contribution in [0.15, 0.2) is 24.3 Å². The van der Waals surface area contributed by atoms with Crippen molar-refractivity contribution < 1.29 is 5.11 Å². The predicted molar refractivity (Wildman–Crippen MR) is 76.9 cm³/mol. The zero-order chi connectivity index (χ0) is 13.1. The lowest BCUT2D eigenvalue weighted by molar-refractivity contribution is 0.199. The molecule has 1 N–H and O–H groups in total. The van der Waals surface area contributed by atoms with Crippen molar-refractivity contribution in [3.63, 3.8) is 0 Å². The monoisotopic (exact) mass is 247 g/mol. The second-order valence-corrected chi connectivity index (χ2v) is 5.84. The second kappa shape index (κ2) is 5.75. The highest BCUT2D eigenvalue weighted by molar-refractivity contribution is 5.48. The van der Waals surface area contributed by atoms with E-state index in [0.29, 0.717) is 0 Å². The molecule has 0 aliphatic carbocycles. The van der Waals surface area contributed by atoms with Gasteiger partial charge in [-0.05, 0) is 49.3 Å². The van der Waals surface area contributed by atoms with Crippen molar-refractivity contribution in [1.29, 1.82) is 0 Å². The van der Waals surface area contributed by atoms with E-state index in [1.807, 2.05) is 19.1 Å². The number of aliphatic hydroxyl groups is 1. The van der Waals surface area contributed by atoms with E-state index in [9.17, 15) is 5.11 Å². The predicted octanol–water partition coefficient (Wildman–Crippen LogP) is 3.61. The summed E-state index contributed by atoms with van der Waals surface area (Å²) >= 11 is 0. The molecule has 1 atom stereocenters. The summed E-state index contributed by atoms with van der Waals surface area (Å²) in [5, 5.41) is 9.51. The van der Waals surface area contributed by atoms with E-state index in [1.165, 1.54) is 18.5 Å². The summed E-state index contributed by atoms with van der Waals surface area (Å²) < 4.78 is 0. The molecular formula is C16H25NO. The largest absolute Gasteiger partial charge is 0.389 e. The van der Waals surface area contributed by atoms with Crippen LogP contribution in [0.5, 0.6) is 0 Å². The van der Waals surface area contributed by atoms with E-state index in [1.54, 1.807) is 0 Å². The number of aliphatic hydroxyl groups excluding tert-OH is 1. The van der Waals surface area contributed by atoms with Crippen LogP contribution in [0.4, 0.5) is 5.69 Å². The van der Waals surface area contributed by atoms with Crippen LogP contribution in [-0.2, 0) is 0 Å². The number of benzene rings is 1. The van der Waals surface area contributed by atoms with Gasteiger partial charge in [0.15, 0.2) is 0 Å². The number of hydrogen-bond acceptors (Lipinski definition) is 2. The van der Waals surface area contributed by atoms with Crippen molar-refractivity contribution in [2.75, 3.05) is 18.0 Å². The third-order valence-corrected chi connectivity index (χ3v) is 4.22. The molecule has 2 rings (SSSR count). The summed E-state index contributed by atoms with van der Waals surface area (Å²) in [5.41, 5.74) is 2.29. The van der Waals surface area contributed by atoms with Gasteiger partial charge in [0.05, 0.1) is 6.10 Å². The average Bonchev–Trinajstić information content (AvgIpc) is 2.39. The molecule has 1 heterocycles. The molecule has 0 spiro atoms. The van der Waals surface area contributed by atoms with Gasteiger partial charge in [0.2, 0.25) is 0 Å². The lowest BCUT2D eigenvalue weighted by Gasteiger charge is -2.35. The lowest BCUT2D eigenvalue weighted by Crippen LogP contribution is -2.35. The van der Waals surface area contributed by atoms with Crippen molar-refractivity contribution in [3.05, 3.63) is 29.8 Å². The molecule has 0 saturated carbocycles. The molecule has 0 bridgehead atoms. The van der Waals surface area contributed by atoms with Gasteiger partial charge in [0.1, 0.15) is 0 Å². The minimum atomic E-state index is -0.370. The zero-order valence-electron chi connectivity index (χ0n) is 11.8. The Morgan fingerprint density at radius 2 is 1.61 bits per heavy atom. The molecule has 0 aromatic heterocycles. The number of rotatable bonds is 3. The fourth-order valence-corrected chi connectivity index (χ4v) is 2.79. The molecular weight excluding hydrogens is 222 g/mol. The fraction of sp³-hybridized carbons (Fsp3) is 0.625. The Labute approximate surface area is 111 Å². The van der Waals surface area contributed by atoms with Gasteiger partial charge in [-0.25, -0.2) is 0 Å². The Morgan fingerprint density at radius 3 is 2.06 bits per heavy atom. The number of nitrogens with zero attached hydrogens (tertiary/aromatic N) is 1. The molecule has 2 nitrogen and oxygen atoms in total. The number of piperidine rings is 1. The van der Waals surface area contributed by atoms with Crippen molar-refractivity contribution in [2.45, 2.75) is 39.7 Å². The maximum absolute atomic E-state index is 9.51. The maximum atomic E-state index is 9.51. The highest BCUT2D eigenvalue weighted by Gasteiger charge is 2.21. The van der Waals surface area contributed by atoms with Crippen LogP contribution in [0.1, 0.15) is 45.3 Å². The van der Waals surface area contributed by atoms with Crippen LogP contribution in [-0.4, -0.2) is 18.2 Å². The quantitative estimate of drug-likeness (QED) is 0.882. The average molecular weight is 247 g/mol. The topological polar surface area (TPSA) is 23.5 Å². The summed E-state index contributed by atoms with van der Waals surface area (Å²) in [6.07, 6.45) is 2.23. The Balaban J connectivity index is 1.97. The third kappa shape index (κ3) is 3.05. The minimum absolute atomic E-state index is 0.370. The second-order valence-electron chi connectivity index (χ2n) is 5.84. The molecule has 2 heteroatoms. The van der Waals surface area contributed by atoms with Crippen LogP contribution in [0.2, 0.25) is 0 Å². The first kappa shape index (κ1) is 13.4. The van der Waals surface area contributed by atoms with Gasteiger partial charge >= 0.3 is 0 Å². The van der Waals surface area contributed by atoms with Crippen LogP contribution in [0.3, 0.4) is 0 Å². The Bertz CT molecular complexity index is 361. The summed E-state index contributed by atoms with van der Waals surface area (Å²) in [6, 6.07) is 8.35. The molecule has 1 fully saturated rings. The standard InChI is InChI=1S/C16H25NO/c1-12(2)14-8-10-17(11-9-14)16-6-4-15(5-7-16)13(3)18/h4-7,12-14,18H,8-11H2,1-3H3/t13-/m1/s1. The molecule has 0 unspecified atom stereocenters. The van der Waals surface area contributed by atoms with Crippen LogP contribution < -0.4 is 4.90 Å². The van der Waals surface area contributed by atoms with Crippen LogP contribution in [0.25, 0.3) is 0 Å². The molecule has 1 saturated heterocycles. The number of anilines is 1. The molecule has 1 aliphatic rings. The van der Waals surface area contributed by atoms with Crippen molar-refractivity contribution >= 4 is 5.69 Å². The van der Waals surface area contributed by atoms with E-state index in [-0.39, 0.29) is 6.10 Å². The first-order valence-electron chi connectivity index (χ1n) is 7.11. The van der Waals surface area contributed by atoms with Crippen LogP contribution >= 0.6 is 0 Å². The molecule has 0 amide bonds. The van der Waals surface area contributed by atoms with E-state index in [0.717, 1.165) is 30.5 Å². The Morgan fingerprint density at radius 1 is 1.06 bits per heavy atom.